The third-order valence-corrected chi connectivity index (χ3v) is 4.95. The number of methoxy groups -OCH3 is 1. The van der Waals surface area contributed by atoms with E-state index in [9.17, 15) is 14.7 Å². The summed E-state index contributed by atoms with van der Waals surface area (Å²) in [6.45, 7) is 3.67. The highest BCUT2D eigenvalue weighted by Crippen LogP contribution is 2.28. The number of carbonyl (C=O) groups excluding carboxylic acids is 1. The van der Waals surface area contributed by atoms with Gasteiger partial charge in [-0.3, -0.25) is 9.59 Å². The topological polar surface area (TPSA) is 88.5 Å². The van der Waals surface area contributed by atoms with Crippen molar-refractivity contribution in [2.75, 3.05) is 7.11 Å². The van der Waals surface area contributed by atoms with Crippen molar-refractivity contribution in [2.45, 2.75) is 45.1 Å². The first-order chi connectivity index (χ1) is 12.3. The second kappa shape index (κ2) is 8.80. The molecule has 0 fully saturated rings. The number of aromatic nitrogens is 1. The first kappa shape index (κ1) is 19.9. The minimum atomic E-state index is -1.01. The Morgan fingerprint density at radius 1 is 1.38 bits per heavy atom. The maximum Gasteiger partial charge on any atom is 0.306 e. The first-order valence-electron chi connectivity index (χ1n) is 8.41. The molecule has 1 amide bonds. The smallest absolute Gasteiger partial charge is 0.306 e. The van der Waals surface area contributed by atoms with E-state index in [1.807, 2.05) is 12.3 Å². The van der Waals surface area contributed by atoms with E-state index in [0.717, 1.165) is 17.1 Å². The molecule has 0 aliphatic heterocycles. The quantitative estimate of drug-likeness (QED) is 0.701. The molecule has 26 heavy (non-hydrogen) atoms. The number of aliphatic carboxylic acids is 1. The molecule has 2 aromatic rings. The van der Waals surface area contributed by atoms with Gasteiger partial charge in [-0.15, -0.1) is 11.3 Å². The fourth-order valence-electron chi connectivity index (χ4n) is 2.81. The number of amides is 1. The zero-order valence-corrected chi connectivity index (χ0v) is 16.1. The lowest BCUT2D eigenvalue weighted by molar-refractivity contribution is -0.139. The van der Waals surface area contributed by atoms with Gasteiger partial charge in [0.05, 0.1) is 29.8 Å². The van der Waals surface area contributed by atoms with Crippen LogP contribution in [0, 0.1) is 6.92 Å². The molecule has 0 radical (unpaired) electrons. The lowest BCUT2D eigenvalue weighted by Crippen LogP contribution is -2.45. The number of carbonyl (C=O) groups is 2. The fraction of sp³-hybridized carbons (Fsp3) is 0.421. The van der Waals surface area contributed by atoms with Crippen LogP contribution in [0.2, 0.25) is 0 Å². The molecule has 1 aromatic carbocycles. The molecule has 2 N–H and O–H groups in total. The molecular formula is C19H24N2O4S. The van der Waals surface area contributed by atoms with Crippen molar-refractivity contribution < 1.29 is 19.4 Å². The van der Waals surface area contributed by atoms with E-state index in [1.165, 1.54) is 0 Å². The van der Waals surface area contributed by atoms with Crippen LogP contribution in [-0.2, 0) is 21.5 Å². The van der Waals surface area contributed by atoms with Crippen LogP contribution < -0.4 is 10.1 Å². The van der Waals surface area contributed by atoms with Gasteiger partial charge in [-0.2, -0.15) is 0 Å². The average Bonchev–Trinajstić information content (AvgIpc) is 2.99. The zero-order chi connectivity index (χ0) is 19.2. The van der Waals surface area contributed by atoms with Crippen LogP contribution in [0.1, 0.15) is 42.5 Å². The monoisotopic (exact) mass is 376 g/mol. The molecule has 1 heterocycles. The number of carboxylic acid groups (broad SMARTS) is 1. The summed E-state index contributed by atoms with van der Waals surface area (Å²) in [4.78, 5) is 28.1. The summed E-state index contributed by atoms with van der Waals surface area (Å²) in [5.74, 6) is -0.538. The maximum absolute atomic E-state index is 12.4. The van der Waals surface area contributed by atoms with E-state index in [0.29, 0.717) is 24.2 Å². The van der Waals surface area contributed by atoms with Gasteiger partial charge < -0.3 is 15.2 Å². The van der Waals surface area contributed by atoms with Crippen molar-refractivity contribution in [2.24, 2.45) is 0 Å². The molecule has 140 valence electrons. The number of aryl methyl sites for hydroxylation is 2. The predicted octanol–water partition coefficient (Wildman–Crippen LogP) is 3.29. The van der Waals surface area contributed by atoms with E-state index in [4.69, 9.17) is 4.74 Å². The number of thiazole rings is 1. The summed E-state index contributed by atoms with van der Waals surface area (Å²) >= 11 is 1.59. The minimum Gasteiger partial charge on any atom is -0.497 e. The number of nitrogens with one attached hydrogen (secondary N) is 1. The van der Waals surface area contributed by atoms with Gasteiger partial charge >= 0.3 is 5.97 Å². The highest BCUT2D eigenvalue weighted by Gasteiger charge is 2.31. The van der Waals surface area contributed by atoms with Crippen molar-refractivity contribution in [3.63, 3.8) is 0 Å². The molecule has 0 aliphatic rings. The van der Waals surface area contributed by atoms with Gasteiger partial charge in [0.2, 0.25) is 5.91 Å². The molecule has 0 saturated carbocycles. The van der Waals surface area contributed by atoms with E-state index in [-0.39, 0.29) is 12.3 Å². The lowest BCUT2D eigenvalue weighted by atomic mass is 9.88. The molecule has 0 spiro atoms. The number of ether oxygens (including phenoxy) is 1. The van der Waals surface area contributed by atoms with Gasteiger partial charge in [0.25, 0.3) is 0 Å². The van der Waals surface area contributed by atoms with Crippen LogP contribution in [0.4, 0.5) is 0 Å². The largest absolute Gasteiger partial charge is 0.497 e. The number of hydrogen-bond acceptors (Lipinski definition) is 5. The Bertz CT molecular complexity index is 774. The van der Waals surface area contributed by atoms with Crippen LogP contribution in [0.25, 0.3) is 0 Å². The summed E-state index contributed by atoms with van der Waals surface area (Å²) in [6, 6.07) is 7.11. The SMILES string of the molecule is COc1cccc(C(C)(CC(=O)O)NC(=O)CCCc2csc(C)n2)c1. The summed E-state index contributed by atoms with van der Waals surface area (Å²) < 4.78 is 5.21. The van der Waals surface area contributed by atoms with Gasteiger partial charge in [0, 0.05) is 11.8 Å². The molecule has 2 rings (SSSR count). The Hall–Kier alpha value is -2.41. The number of carboxylic acids is 1. The molecule has 1 atom stereocenters. The van der Waals surface area contributed by atoms with Crippen molar-refractivity contribution in [3.8, 4) is 5.75 Å². The summed E-state index contributed by atoms with van der Waals surface area (Å²) in [6.07, 6.45) is 1.50. The lowest BCUT2D eigenvalue weighted by Gasteiger charge is -2.30. The van der Waals surface area contributed by atoms with E-state index in [2.05, 4.69) is 10.3 Å². The van der Waals surface area contributed by atoms with Crippen LogP contribution in [0.3, 0.4) is 0 Å². The number of nitrogens with zero attached hydrogens (tertiary/aromatic N) is 1. The normalized spacial score (nSPS) is 13.0. The highest BCUT2D eigenvalue weighted by molar-refractivity contribution is 7.09. The molecule has 0 bridgehead atoms. The summed E-state index contributed by atoms with van der Waals surface area (Å²) in [5.41, 5.74) is 0.679. The van der Waals surface area contributed by atoms with Crippen LogP contribution in [0.5, 0.6) is 5.75 Å². The summed E-state index contributed by atoms with van der Waals surface area (Å²) in [7, 11) is 1.55. The zero-order valence-electron chi connectivity index (χ0n) is 15.2. The van der Waals surface area contributed by atoms with Gasteiger partial charge in [0.15, 0.2) is 0 Å². The Morgan fingerprint density at radius 3 is 2.77 bits per heavy atom. The van der Waals surface area contributed by atoms with Crippen LogP contribution in [-0.4, -0.2) is 29.1 Å². The first-order valence-corrected chi connectivity index (χ1v) is 9.29. The third-order valence-electron chi connectivity index (χ3n) is 4.13. The Morgan fingerprint density at radius 2 is 2.15 bits per heavy atom. The third kappa shape index (κ3) is 5.56. The summed E-state index contributed by atoms with van der Waals surface area (Å²) in [5, 5.41) is 15.2. The van der Waals surface area contributed by atoms with E-state index >= 15 is 0 Å². The molecule has 7 heteroatoms. The van der Waals surface area contributed by atoms with Gasteiger partial charge in [-0.05, 0) is 44.4 Å². The molecular weight excluding hydrogens is 352 g/mol. The van der Waals surface area contributed by atoms with Crippen molar-refractivity contribution in [1.29, 1.82) is 0 Å². The Labute approximate surface area is 157 Å². The van der Waals surface area contributed by atoms with Crippen molar-refractivity contribution >= 4 is 23.2 Å². The number of hydrogen-bond donors (Lipinski definition) is 2. The van der Waals surface area contributed by atoms with E-state index in [1.54, 1.807) is 49.6 Å². The Kier molecular flexibility index (Phi) is 6.74. The predicted molar refractivity (Wildman–Crippen MR) is 101 cm³/mol. The standard InChI is InChI=1S/C19H24N2O4S/c1-13-20-15(12-26-13)7-5-9-17(22)21-19(2,11-18(23)24)14-6-4-8-16(10-14)25-3/h4,6,8,10,12H,5,7,9,11H2,1-3H3,(H,21,22)(H,23,24). The van der Waals surface area contributed by atoms with Gasteiger partial charge in [0.1, 0.15) is 5.75 Å². The Balaban J connectivity index is 2.03. The second-order valence-electron chi connectivity index (χ2n) is 6.39. The highest BCUT2D eigenvalue weighted by atomic mass is 32.1. The second-order valence-corrected chi connectivity index (χ2v) is 7.46. The van der Waals surface area contributed by atoms with Gasteiger partial charge in [-0.25, -0.2) is 4.98 Å². The van der Waals surface area contributed by atoms with Crippen LogP contribution in [0.15, 0.2) is 29.6 Å². The average molecular weight is 376 g/mol. The van der Waals surface area contributed by atoms with Crippen molar-refractivity contribution in [1.82, 2.24) is 10.3 Å². The molecule has 1 aromatic heterocycles. The molecule has 0 aliphatic carbocycles. The minimum absolute atomic E-state index is 0.177. The van der Waals surface area contributed by atoms with E-state index < -0.39 is 11.5 Å². The molecule has 0 saturated heterocycles. The molecule has 1 unspecified atom stereocenters. The fourth-order valence-corrected chi connectivity index (χ4v) is 3.46. The van der Waals surface area contributed by atoms with Gasteiger partial charge in [-0.1, -0.05) is 12.1 Å². The number of benzene rings is 1. The number of rotatable bonds is 9. The molecule has 6 nitrogen and oxygen atoms in total. The maximum atomic E-state index is 12.4. The van der Waals surface area contributed by atoms with Crippen LogP contribution >= 0.6 is 11.3 Å². The van der Waals surface area contributed by atoms with Crippen molar-refractivity contribution in [3.05, 3.63) is 45.9 Å².